The standard InChI is InChI=1S/C23H25N3O2S/c1-4-18(17-10-6-5-7-11-17)23(27)24-22-19-13-29(28)14-20(19)25-26(22)21-12-8-9-15(2)16(21)3/h5-12,18H,4,13-14H2,1-3H3,(H,24,27)/t18-,29+/m0/s1. The number of nitrogens with one attached hydrogen (secondary N) is 1. The monoisotopic (exact) mass is 407 g/mol. The maximum absolute atomic E-state index is 13.2. The minimum Gasteiger partial charge on any atom is -0.310 e. The lowest BCUT2D eigenvalue weighted by Gasteiger charge is -2.18. The molecule has 1 aliphatic heterocycles. The molecule has 0 fully saturated rings. The van der Waals surface area contributed by atoms with Crippen LogP contribution in [0.2, 0.25) is 0 Å². The number of fused-ring (bicyclic) bond motifs is 1. The van der Waals surface area contributed by atoms with Crippen molar-refractivity contribution in [2.45, 2.75) is 44.6 Å². The molecule has 150 valence electrons. The number of amides is 1. The highest BCUT2D eigenvalue weighted by molar-refractivity contribution is 7.83. The smallest absolute Gasteiger partial charge is 0.233 e. The number of hydrogen-bond donors (Lipinski definition) is 1. The Bertz CT molecular complexity index is 1090. The zero-order valence-electron chi connectivity index (χ0n) is 16.9. The third-order valence-electron chi connectivity index (χ3n) is 5.64. The summed E-state index contributed by atoms with van der Waals surface area (Å²) in [4.78, 5) is 13.2. The van der Waals surface area contributed by atoms with Crippen LogP contribution in [0.3, 0.4) is 0 Å². The molecule has 0 bridgehead atoms. The Hall–Kier alpha value is -2.73. The molecule has 0 spiro atoms. The maximum Gasteiger partial charge on any atom is 0.233 e. The normalized spacial score (nSPS) is 16.4. The summed E-state index contributed by atoms with van der Waals surface area (Å²) in [6, 6.07) is 15.9. The van der Waals surface area contributed by atoms with Gasteiger partial charge < -0.3 is 5.32 Å². The van der Waals surface area contributed by atoms with E-state index in [2.05, 4.69) is 25.2 Å². The molecule has 1 N–H and O–H groups in total. The van der Waals surface area contributed by atoms with Crippen molar-refractivity contribution in [1.29, 1.82) is 0 Å². The van der Waals surface area contributed by atoms with Crippen LogP contribution in [0.4, 0.5) is 5.82 Å². The first-order chi connectivity index (χ1) is 14.0. The summed E-state index contributed by atoms with van der Waals surface area (Å²) in [6.07, 6.45) is 0.696. The Morgan fingerprint density at radius 2 is 1.90 bits per heavy atom. The van der Waals surface area contributed by atoms with E-state index in [9.17, 15) is 9.00 Å². The van der Waals surface area contributed by atoms with Gasteiger partial charge >= 0.3 is 0 Å². The lowest BCUT2D eigenvalue weighted by molar-refractivity contribution is -0.117. The Balaban J connectivity index is 1.76. The summed E-state index contributed by atoms with van der Waals surface area (Å²) in [5, 5.41) is 7.87. The molecule has 6 heteroatoms. The van der Waals surface area contributed by atoms with Crippen molar-refractivity contribution in [2.75, 3.05) is 5.32 Å². The Kier molecular flexibility index (Phi) is 5.37. The van der Waals surface area contributed by atoms with Gasteiger partial charge in [0.1, 0.15) is 5.82 Å². The quantitative estimate of drug-likeness (QED) is 0.682. The number of aromatic nitrogens is 2. The predicted molar refractivity (Wildman–Crippen MR) is 117 cm³/mol. The third kappa shape index (κ3) is 3.65. The van der Waals surface area contributed by atoms with Crippen molar-refractivity contribution >= 4 is 22.5 Å². The van der Waals surface area contributed by atoms with Gasteiger partial charge in [0.25, 0.3) is 0 Å². The van der Waals surface area contributed by atoms with E-state index in [0.29, 0.717) is 23.7 Å². The van der Waals surface area contributed by atoms with Gasteiger partial charge in [-0.2, -0.15) is 5.10 Å². The second-order valence-electron chi connectivity index (χ2n) is 7.49. The fourth-order valence-corrected chi connectivity index (χ4v) is 5.12. The van der Waals surface area contributed by atoms with Crippen LogP contribution in [0, 0.1) is 13.8 Å². The van der Waals surface area contributed by atoms with Crippen LogP contribution in [-0.4, -0.2) is 19.9 Å². The van der Waals surface area contributed by atoms with E-state index in [1.54, 1.807) is 0 Å². The third-order valence-corrected chi connectivity index (χ3v) is 6.85. The first kappa shape index (κ1) is 19.6. The summed E-state index contributed by atoms with van der Waals surface area (Å²) in [5.74, 6) is 1.20. The number of carbonyl (C=O) groups is 1. The number of hydrogen-bond acceptors (Lipinski definition) is 3. The molecule has 1 amide bonds. The van der Waals surface area contributed by atoms with Gasteiger partial charge in [0.05, 0.1) is 28.8 Å². The first-order valence-electron chi connectivity index (χ1n) is 9.87. The van der Waals surface area contributed by atoms with Crippen LogP contribution >= 0.6 is 0 Å². The molecular weight excluding hydrogens is 382 g/mol. The molecule has 3 aromatic rings. The van der Waals surface area contributed by atoms with Crippen molar-refractivity contribution in [3.05, 3.63) is 76.5 Å². The highest BCUT2D eigenvalue weighted by atomic mass is 32.2. The number of benzene rings is 2. The zero-order chi connectivity index (χ0) is 20.5. The van der Waals surface area contributed by atoms with Crippen LogP contribution < -0.4 is 5.32 Å². The number of aryl methyl sites for hydroxylation is 1. The predicted octanol–water partition coefficient (Wildman–Crippen LogP) is 4.38. The Morgan fingerprint density at radius 1 is 1.14 bits per heavy atom. The summed E-state index contributed by atoms with van der Waals surface area (Å²) in [7, 11) is -0.963. The van der Waals surface area contributed by atoms with E-state index in [-0.39, 0.29) is 11.8 Å². The first-order valence-corrected chi connectivity index (χ1v) is 11.4. The van der Waals surface area contributed by atoms with Gasteiger partial charge in [0.2, 0.25) is 5.91 Å². The van der Waals surface area contributed by atoms with Crippen LogP contribution in [0.1, 0.15) is 47.2 Å². The Morgan fingerprint density at radius 3 is 2.62 bits per heavy atom. The number of nitrogens with zero attached hydrogens (tertiary/aromatic N) is 2. The van der Waals surface area contributed by atoms with E-state index in [1.165, 1.54) is 0 Å². The maximum atomic E-state index is 13.2. The van der Waals surface area contributed by atoms with Gasteiger partial charge in [-0.3, -0.25) is 9.00 Å². The zero-order valence-corrected chi connectivity index (χ0v) is 17.8. The SMILES string of the molecule is CC[C@H](C(=O)Nc1c2c(nn1-c1cccc(C)c1C)C[S@](=O)C2)c1ccccc1. The van der Waals surface area contributed by atoms with Crippen molar-refractivity contribution in [3.8, 4) is 5.69 Å². The van der Waals surface area contributed by atoms with E-state index >= 15 is 0 Å². The molecule has 2 atom stereocenters. The van der Waals surface area contributed by atoms with Crippen LogP contribution in [-0.2, 0) is 27.1 Å². The second kappa shape index (κ2) is 7.95. The molecule has 4 rings (SSSR count). The lowest BCUT2D eigenvalue weighted by atomic mass is 9.95. The van der Waals surface area contributed by atoms with E-state index in [0.717, 1.165) is 33.6 Å². The summed E-state index contributed by atoms with van der Waals surface area (Å²) >= 11 is 0. The van der Waals surface area contributed by atoms with Gasteiger partial charge in [-0.1, -0.05) is 49.4 Å². The van der Waals surface area contributed by atoms with Gasteiger partial charge in [-0.05, 0) is 43.0 Å². The molecule has 29 heavy (non-hydrogen) atoms. The van der Waals surface area contributed by atoms with Gasteiger partial charge in [0, 0.05) is 16.4 Å². The molecule has 0 aliphatic carbocycles. The van der Waals surface area contributed by atoms with Crippen molar-refractivity contribution in [1.82, 2.24) is 9.78 Å². The summed E-state index contributed by atoms with van der Waals surface area (Å²) in [5.41, 5.74) is 5.90. The van der Waals surface area contributed by atoms with E-state index in [1.807, 2.05) is 54.1 Å². The van der Waals surface area contributed by atoms with Crippen molar-refractivity contribution in [2.24, 2.45) is 0 Å². The molecule has 5 nitrogen and oxygen atoms in total. The molecular formula is C23H25N3O2S. The van der Waals surface area contributed by atoms with Crippen molar-refractivity contribution in [3.63, 3.8) is 0 Å². The fourth-order valence-electron chi connectivity index (χ4n) is 3.86. The second-order valence-corrected chi connectivity index (χ2v) is 8.95. The van der Waals surface area contributed by atoms with E-state index in [4.69, 9.17) is 5.10 Å². The molecule has 2 aromatic carbocycles. The van der Waals surface area contributed by atoms with Gasteiger partial charge in [-0.15, -0.1) is 0 Å². The fraction of sp³-hybridized carbons (Fsp3) is 0.304. The highest BCUT2D eigenvalue weighted by Gasteiger charge is 2.30. The summed E-state index contributed by atoms with van der Waals surface area (Å²) in [6.45, 7) is 6.13. The number of anilines is 1. The van der Waals surface area contributed by atoms with Gasteiger partial charge in [0.15, 0.2) is 0 Å². The molecule has 2 heterocycles. The largest absolute Gasteiger partial charge is 0.310 e. The molecule has 0 radical (unpaired) electrons. The van der Waals surface area contributed by atoms with Crippen LogP contribution in [0.25, 0.3) is 5.69 Å². The minimum atomic E-state index is -0.963. The van der Waals surface area contributed by atoms with Gasteiger partial charge in [-0.25, -0.2) is 4.68 Å². The number of carbonyl (C=O) groups excluding carboxylic acids is 1. The van der Waals surface area contributed by atoms with E-state index < -0.39 is 10.8 Å². The minimum absolute atomic E-state index is 0.0642. The topological polar surface area (TPSA) is 64.0 Å². The molecule has 0 saturated carbocycles. The average molecular weight is 408 g/mol. The van der Waals surface area contributed by atoms with Crippen molar-refractivity contribution < 1.29 is 9.00 Å². The lowest BCUT2D eigenvalue weighted by Crippen LogP contribution is -2.23. The molecule has 0 saturated heterocycles. The summed E-state index contributed by atoms with van der Waals surface area (Å²) < 4.78 is 13.9. The molecule has 1 aliphatic rings. The van der Waals surface area contributed by atoms with Crippen LogP contribution in [0.15, 0.2) is 48.5 Å². The molecule has 1 aromatic heterocycles. The molecule has 0 unspecified atom stereocenters. The van der Waals surface area contributed by atoms with Crippen LogP contribution in [0.5, 0.6) is 0 Å². The average Bonchev–Trinajstić information content (AvgIpc) is 3.22. The Labute approximate surface area is 173 Å². The number of rotatable bonds is 5. The highest BCUT2D eigenvalue weighted by Crippen LogP contribution is 2.33.